The van der Waals surface area contributed by atoms with Crippen LogP contribution >= 0.6 is 0 Å². The number of para-hydroxylation sites is 2. The molecule has 0 spiro atoms. The number of aromatic nitrogens is 3. The monoisotopic (exact) mass is 387 g/mol. The second-order valence-electron chi connectivity index (χ2n) is 6.16. The van der Waals surface area contributed by atoms with Gasteiger partial charge in [0, 0.05) is 0 Å². The molecule has 0 aliphatic heterocycles. The molecular weight excluding hydrogens is 370 g/mol. The fraction of sp³-hybridized carbons (Fsp3) is 0.0455. The minimum Gasteiger partial charge on any atom is -0.507 e. The van der Waals surface area contributed by atoms with Gasteiger partial charge in [-0.2, -0.15) is 0 Å². The van der Waals surface area contributed by atoms with Crippen LogP contribution in [0.3, 0.4) is 0 Å². The van der Waals surface area contributed by atoms with Crippen molar-refractivity contribution in [3.63, 3.8) is 0 Å². The molecule has 0 radical (unpaired) electrons. The number of phenolic OH excluding ortho intramolecular Hbond substituents is 1. The van der Waals surface area contributed by atoms with E-state index in [1.54, 1.807) is 23.0 Å². The highest BCUT2D eigenvalue weighted by Gasteiger charge is 2.13. The number of benzene rings is 3. The maximum atomic E-state index is 12.1. The van der Waals surface area contributed by atoms with E-state index < -0.39 is 5.97 Å². The largest absolute Gasteiger partial charge is 0.507 e. The van der Waals surface area contributed by atoms with Crippen LogP contribution < -0.4 is 4.74 Å². The molecule has 7 heteroatoms. The molecule has 7 nitrogen and oxygen atoms in total. The van der Waals surface area contributed by atoms with Crippen molar-refractivity contribution >= 4 is 5.97 Å². The number of esters is 1. The highest BCUT2D eigenvalue weighted by molar-refractivity contribution is 5.92. The molecule has 0 aliphatic carbocycles. The summed E-state index contributed by atoms with van der Waals surface area (Å²) in [4.78, 5) is 12.1. The van der Waals surface area contributed by atoms with Crippen LogP contribution in [-0.4, -0.2) is 26.1 Å². The summed E-state index contributed by atoms with van der Waals surface area (Å²) in [7, 11) is 0. The molecule has 0 amide bonds. The van der Waals surface area contributed by atoms with E-state index in [1.807, 2.05) is 54.6 Å². The van der Waals surface area contributed by atoms with Crippen molar-refractivity contribution in [1.29, 1.82) is 0 Å². The minimum absolute atomic E-state index is 0.0532. The van der Waals surface area contributed by atoms with E-state index in [1.165, 1.54) is 12.1 Å². The molecule has 1 N–H and O–H groups in total. The predicted octanol–water partition coefficient (Wildman–Crippen LogP) is 4.12. The fourth-order valence-corrected chi connectivity index (χ4v) is 2.65. The van der Waals surface area contributed by atoms with E-state index in [2.05, 4.69) is 10.3 Å². The molecule has 1 aromatic heterocycles. The van der Waals surface area contributed by atoms with Crippen LogP contribution in [0.5, 0.6) is 17.2 Å². The second-order valence-corrected chi connectivity index (χ2v) is 6.16. The van der Waals surface area contributed by atoms with Crippen LogP contribution in [0.25, 0.3) is 5.69 Å². The SMILES string of the molecule is O=C(OCc1cn(-c2ccc(Oc3ccccc3)cc2)nn1)c1ccccc1O. The first-order valence-corrected chi connectivity index (χ1v) is 8.89. The van der Waals surface area contributed by atoms with Gasteiger partial charge in [-0.25, -0.2) is 9.48 Å². The van der Waals surface area contributed by atoms with Crippen LogP contribution in [0.4, 0.5) is 0 Å². The number of hydrogen-bond acceptors (Lipinski definition) is 6. The third kappa shape index (κ3) is 4.41. The van der Waals surface area contributed by atoms with Gasteiger partial charge in [0.1, 0.15) is 35.1 Å². The van der Waals surface area contributed by atoms with Gasteiger partial charge in [0.05, 0.1) is 11.9 Å². The topological polar surface area (TPSA) is 86.5 Å². The Morgan fingerprint density at radius 2 is 1.59 bits per heavy atom. The summed E-state index contributed by atoms with van der Waals surface area (Å²) in [5.74, 6) is 0.713. The van der Waals surface area contributed by atoms with Crippen LogP contribution in [0.15, 0.2) is 85.1 Å². The van der Waals surface area contributed by atoms with Crippen molar-refractivity contribution in [2.24, 2.45) is 0 Å². The zero-order valence-electron chi connectivity index (χ0n) is 15.3. The number of ether oxygens (including phenoxy) is 2. The molecule has 1 heterocycles. The summed E-state index contributed by atoms with van der Waals surface area (Å²) >= 11 is 0. The molecule has 29 heavy (non-hydrogen) atoms. The molecule has 0 saturated carbocycles. The molecule has 0 aliphatic rings. The summed E-state index contributed by atoms with van der Waals surface area (Å²) in [5.41, 5.74) is 1.38. The average Bonchev–Trinajstić information content (AvgIpc) is 3.23. The lowest BCUT2D eigenvalue weighted by Crippen LogP contribution is -2.05. The zero-order valence-corrected chi connectivity index (χ0v) is 15.3. The van der Waals surface area contributed by atoms with E-state index in [4.69, 9.17) is 9.47 Å². The van der Waals surface area contributed by atoms with Gasteiger partial charge in [-0.3, -0.25) is 0 Å². The zero-order chi connectivity index (χ0) is 20.1. The normalized spacial score (nSPS) is 10.5. The number of phenols is 1. The molecule has 4 rings (SSSR count). The fourth-order valence-electron chi connectivity index (χ4n) is 2.65. The van der Waals surface area contributed by atoms with Crippen molar-refractivity contribution in [2.45, 2.75) is 6.61 Å². The summed E-state index contributed by atoms with van der Waals surface area (Å²) in [5, 5.41) is 17.8. The third-order valence-electron chi connectivity index (χ3n) is 4.10. The molecule has 0 atom stereocenters. The number of carbonyl (C=O) groups is 1. The molecule has 0 unspecified atom stereocenters. The van der Waals surface area contributed by atoms with E-state index >= 15 is 0 Å². The first-order valence-electron chi connectivity index (χ1n) is 8.89. The number of rotatable bonds is 6. The van der Waals surface area contributed by atoms with Crippen molar-refractivity contribution in [2.75, 3.05) is 0 Å². The van der Waals surface area contributed by atoms with E-state index in [-0.39, 0.29) is 17.9 Å². The first-order chi connectivity index (χ1) is 14.2. The van der Waals surface area contributed by atoms with Crippen molar-refractivity contribution in [3.05, 3.63) is 96.3 Å². The van der Waals surface area contributed by atoms with Crippen LogP contribution in [0, 0.1) is 0 Å². The second kappa shape index (κ2) is 8.26. The van der Waals surface area contributed by atoms with E-state index in [9.17, 15) is 9.90 Å². The predicted molar refractivity (Wildman–Crippen MR) is 105 cm³/mol. The Labute approximate surface area is 166 Å². The Morgan fingerprint density at radius 1 is 0.897 bits per heavy atom. The molecule has 0 bridgehead atoms. The van der Waals surface area contributed by atoms with Gasteiger partial charge < -0.3 is 14.6 Å². The lowest BCUT2D eigenvalue weighted by atomic mass is 10.2. The van der Waals surface area contributed by atoms with Gasteiger partial charge in [-0.1, -0.05) is 35.5 Å². The van der Waals surface area contributed by atoms with Crippen LogP contribution in [0.2, 0.25) is 0 Å². The maximum absolute atomic E-state index is 12.1. The number of hydrogen-bond donors (Lipinski definition) is 1. The van der Waals surface area contributed by atoms with E-state index in [0.29, 0.717) is 11.4 Å². The third-order valence-corrected chi connectivity index (χ3v) is 4.10. The number of carbonyl (C=O) groups excluding carboxylic acids is 1. The summed E-state index contributed by atoms with van der Waals surface area (Å²) < 4.78 is 12.5. The highest BCUT2D eigenvalue weighted by Crippen LogP contribution is 2.22. The molecule has 144 valence electrons. The standard InChI is InChI=1S/C22H17N3O4/c26-21-9-5-4-8-20(21)22(27)28-15-16-14-25(24-23-16)17-10-12-19(13-11-17)29-18-6-2-1-3-7-18/h1-14,26H,15H2. The quantitative estimate of drug-likeness (QED) is 0.501. The Bertz CT molecular complexity index is 1110. The van der Waals surface area contributed by atoms with Crippen LogP contribution in [0.1, 0.15) is 16.1 Å². The molecule has 0 fully saturated rings. The van der Waals surface area contributed by atoms with Gasteiger partial charge in [0.15, 0.2) is 0 Å². The molecule has 4 aromatic rings. The Hall–Kier alpha value is -4.13. The summed E-state index contributed by atoms with van der Waals surface area (Å²) in [6.07, 6.45) is 1.67. The van der Waals surface area contributed by atoms with Gasteiger partial charge in [0.25, 0.3) is 0 Å². The van der Waals surface area contributed by atoms with Gasteiger partial charge >= 0.3 is 5.97 Å². The average molecular weight is 387 g/mol. The summed E-state index contributed by atoms with van der Waals surface area (Å²) in [6, 6.07) is 23.1. The lowest BCUT2D eigenvalue weighted by molar-refractivity contribution is 0.0464. The lowest BCUT2D eigenvalue weighted by Gasteiger charge is -2.06. The first kappa shape index (κ1) is 18.2. The minimum atomic E-state index is -0.625. The van der Waals surface area contributed by atoms with Crippen molar-refractivity contribution < 1.29 is 19.4 Å². The van der Waals surface area contributed by atoms with Gasteiger partial charge in [0.2, 0.25) is 0 Å². The van der Waals surface area contributed by atoms with Crippen LogP contribution in [-0.2, 0) is 11.3 Å². The summed E-state index contributed by atoms with van der Waals surface area (Å²) in [6.45, 7) is -0.0532. The van der Waals surface area contributed by atoms with Gasteiger partial charge in [-0.15, -0.1) is 5.10 Å². The van der Waals surface area contributed by atoms with E-state index in [0.717, 1.165) is 11.4 Å². The highest BCUT2D eigenvalue weighted by atomic mass is 16.5. The Morgan fingerprint density at radius 3 is 2.34 bits per heavy atom. The van der Waals surface area contributed by atoms with Crippen molar-refractivity contribution in [3.8, 4) is 22.9 Å². The Balaban J connectivity index is 1.38. The maximum Gasteiger partial charge on any atom is 0.342 e. The number of aromatic hydroxyl groups is 1. The van der Waals surface area contributed by atoms with Gasteiger partial charge in [-0.05, 0) is 48.5 Å². The number of nitrogens with zero attached hydrogens (tertiary/aromatic N) is 3. The molecule has 3 aromatic carbocycles. The van der Waals surface area contributed by atoms with Crippen molar-refractivity contribution in [1.82, 2.24) is 15.0 Å². The molecular formula is C22H17N3O4. The Kier molecular flexibility index (Phi) is 5.20. The molecule has 0 saturated heterocycles. The smallest absolute Gasteiger partial charge is 0.342 e.